The van der Waals surface area contributed by atoms with Gasteiger partial charge in [-0.1, -0.05) is 25.6 Å². The zero-order chi connectivity index (χ0) is 14.0. The number of rotatable bonds is 3. The van der Waals surface area contributed by atoms with Crippen LogP contribution in [0.4, 0.5) is 0 Å². The number of nitrogen functional groups attached to an aromatic ring is 1. The predicted molar refractivity (Wildman–Crippen MR) is 75.2 cm³/mol. The summed E-state index contributed by atoms with van der Waals surface area (Å²) in [6.45, 7) is 7.90. The minimum atomic E-state index is 0.157. The highest BCUT2D eigenvalue weighted by molar-refractivity contribution is 7.99. The average Bonchev–Trinajstić information content (AvgIpc) is 2.66. The lowest BCUT2D eigenvalue weighted by Crippen LogP contribution is -2.43. The van der Waals surface area contributed by atoms with Crippen molar-refractivity contribution in [1.29, 1.82) is 0 Å². The van der Waals surface area contributed by atoms with Gasteiger partial charge in [0.05, 0.1) is 5.75 Å². The Labute approximate surface area is 117 Å². The van der Waals surface area contributed by atoms with Gasteiger partial charge in [-0.2, -0.15) is 0 Å². The fourth-order valence-electron chi connectivity index (χ4n) is 2.53. The number of amides is 1. The van der Waals surface area contributed by atoms with Gasteiger partial charge in [-0.15, -0.1) is 10.2 Å². The van der Waals surface area contributed by atoms with E-state index in [2.05, 4.69) is 24.0 Å². The average molecular weight is 283 g/mol. The van der Waals surface area contributed by atoms with Gasteiger partial charge in [0.1, 0.15) is 5.82 Å². The largest absolute Gasteiger partial charge is 0.341 e. The zero-order valence-corrected chi connectivity index (χ0v) is 12.5. The number of hydrogen-bond donors (Lipinski definition) is 1. The number of carbonyl (C=O) groups excluding carboxylic acids is 1. The molecule has 1 aromatic heterocycles. The minimum Gasteiger partial charge on any atom is -0.341 e. The molecule has 0 saturated carbocycles. The maximum Gasteiger partial charge on any atom is 0.233 e. The Hall–Kier alpha value is -1.24. The lowest BCUT2D eigenvalue weighted by atomic mass is 9.92. The summed E-state index contributed by atoms with van der Waals surface area (Å²) in [4.78, 5) is 14.1. The molecule has 1 fully saturated rings. The summed E-state index contributed by atoms with van der Waals surface area (Å²) in [5, 5.41) is 8.40. The number of carbonyl (C=O) groups is 1. The van der Waals surface area contributed by atoms with Crippen molar-refractivity contribution >= 4 is 17.7 Å². The molecule has 2 atom stereocenters. The van der Waals surface area contributed by atoms with Gasteiger partial charge in [-0.05, 0) is 25.2 Å². The van der Waals surface area contributed by atoms with Gasteiger partial charge in [-0.25, -0.2) is 4.68 Å². The topological polar surface area (TPSA) is 77.0 Å². The fourth-order valence-corrected chi connectivity index (χ4v) is 3.34. The van der Waals surface area contributed by atoms with Gasteiger partial charge < -0.3 is 10.7 Å². The van der Waals surface area contributed by atoms with Gasteiger partial charge >= 0.3 is 0 Å². The molecule has 2 rings (SSSR count). The normalized spacial score (nSPS) is 23.6. The Morgan fingerprint density at radius 2 is 2.00 bits per heavy atom. The second-order valence-corrected chi connectivity index (χ2v) is 6.38. The van der Waals surface area contributed by atoms with Gasteiger partial charge in [-0.3, -0.25) is 4.79 Å². The highest BCUT2D eigenvalue weighted by Crippen LogP contribution is 2.22. The van der Waals surface area contributed by atoms with Crippen LogP contribution in [0, 0.1) is 18.8 Å². The van der Waals surface area contributed by atoms with Crippen LogP contribution in [-0.4, -0.2) is 44.5 Å². The molecule has 1 saturated heterocycles. The predicted octanol–water partition coefficient (Wildman–Crippen LogP) is 0.897. The van der Waals surface area contributed by atoms with Crippen LogP contribution in [0.2, 0.25) is 0 Å². The van der Waals surface area contributed by atoms with Crippen LogP contribution in [0.3, 0.4) is 0 Å². The lowest BCUT2D eigenvalue weighted by Gasteiger charge is -2.34. The van der Waals surface area contributed by atoms with E-state index in [4.69, 9.17) is 5.84 Å². The van der Waals surface area contributed by atoms with Crippen LogP contribution >= 0.6 is 11.8 Å². The summed E-state index contributed by atoms with van der Waals surface area (Å²) >= 11 is 1.35. The van der Waals surface area contributed by atoms with E-state index in [1.54, 1.807) is 6.92 Å². The molecule has 0 spiro atoms. The molecular formula is C12H21N5OS. The number of aryl methyl sites for hydroxylation is 1. The number of likely N-dealkylation sites (tertiary alicyclic amines) is 1. The van der Waals surface area contributed by atoms with E-state index in [0.717, 1.165) is 13.1 Å². The van der Waals surface area contributed by atoms with E-state index in [1.807, 2.05) is 4.90 Å². The van der Waals surface area contributed by atoms with E-state index < -0.39 is 0 Å². The molecule has 0 radical (unpaired) electrons. The van der Waals surface area contributed by atoms with Crippen molar-refractivity contribution in [1.82, 2.24) is 19.8 Å². The summed E-state index contributed by atoms with van der Waals surface area (Å²) in [6.07, 6.45) is 1.20. The van der Waals surface area contributed by atoms with Gasteiger partial charge in [0.2, 0.25) is 11.1 Å². The molecule has 1 amide bonds. The Morgan fingerprint density at radius 1 is 1.37 bits per heavy atom. The van der Waals surface area contributed by atoms with Crippen molar-refractivity contribution < 1.29 is 4.79 Å². The van der Waals surface area contributed by atoms with Crippen molar-refractivity contribution in [2.24, 2.45) is 11.8 Å². The second-order valence-electron chi connectivity index (χ2n) is 5.43. The molecule has 106 valence electrons. The monoisotopic (exact) mass is 283 g/mol. The third-order valence-electron chi connectivity index (χ3n) is 3.38. The summed E-state index contributed by atoms with van der Waals surface area (Å²) in [6, 6.07) is 0. The highest BCUT2D eigenvalue weighted by atomic mass is 32.2. The van der Waals surface area contributed by atoms with Crippen molar-refractivity contribution in [2.45, 2.75) is 32.3 Å². The van der Waals surface area contributed by atoms with Crippen LogP contribution in [0.5, 0.6) is 0 Å². The number of aromatic nitrogens is 3. The molecule has 2 heterocycles. The molecule has 1 aliphatic rings. The summed E-state index contributed by atoms with van der Waals surface area (Å²) in [7, 11) is 0. The van der Waals surface area contributed by atoms with E-state index in [-0.39, 0.29) is 5.91 Å². The van der Waals surface area contributed by atoms with Gasteiger partial charge in [0, 0.05) is 13.1 Å². The molecule has 0 aromatic carbocycles. The van der Waals surface area contributed by atoms with Crippen LogP contribution < -0.4 is 5.84 Å². The first-order valence-electron chi connectivity index (χ1n) is 6.55. The van der Waals surface area contributed by atoms with Gasteiger partial charge in [0.25, 0.3) is 0 Å². The Balaban J connectivity index is 1.89. The molecule has 7 heteroatoms. The molecule has 19 heavy (non-hydrogen) atoms. The van der Waals surface area contributed by atoms with Crippen molar-refractivity contribution in [3.63, 3.8) is 0 Å². The molecule has 6 nitrogen and oxygen atoms in total. The standard InChI is InChI=1S/C12H21N5OS/c1-8-4-9(2)6-16(5-8)11(18)7-19-12-15-14-10(3)17(12)13/h8-9H,4-7,13H2,1-3H3/t8-,9+. The summed E-state index contributed by atoms with van der Waals surface area (Å²) in [5.74, 6) is 8.10. The van der Waals surface area contributed by atoms with Crippen molar-refractivity contribution in [2.75, 3.05) is 24.7 Å². The first-order chi connectivity index (χ1) is 8.97. The maximum atomic E-state index is 12.2. The molecule has 1 aromatic rings. The van der Waals surface area contributed by atoms with E-state index in [9.17, 15) is 4.79 Å². The van der Waals surface area contributed by atoms with E-state index in [0.29, 0.717) is 28.6 Å². The third-order valence-corrected chi connectivity index (χ3v) is 4.31. The first kappa shape index (κ1) is 14.2. The Bertz CT molecular complexity index is 451. The minimum absolute atomic E-state index is 0.157. The third kappa shape index (κ3) is 3.40. The van der Waals surface area contributed by atoms with Crippen molar-refractivity contribution in [3.05, 3.63) is 5.82 Å². The number of hydrogen-bond acceptors (Lipinski definition) is 5. The number of piperidine rings is 1. The second kappa shape index (κ2) is 5.81. The molecule has 0 bridgehead atoms. The Morgan fingerprint density at radius 3 is 2.53 bits per heavy atom. The zero-order valence-electron chi connectivity index (χ0n) is 11.7. The summed E-state index contributed by atoms with van der Waals surface area (Å²) in [5.41, 5.74) is 0. The van der Waals surface area contributed by atoms with Crippen LogP contribution in [0.1, 0.15) is 26.1 Å². The first-order valence-corrected chi connectivity index (χ1v) is 7.53. The smallest absolute Gasteiger partial charge is 0.233 e. The van der Waals surface area contributed by atoms with Gasteiger partial charge in [0.15, 0.2) is 0 Å². The van der Waals surface area contributed by atoms with Crippen LogP contribution in [0.25, 0.3) is 0 Å². The number of thioether (sulfide) groups is 1. The molecule has 2 N–H and O–H groups in total. The van der Waals surface area contributed by atoms with E-state index in [1.165, 1.54) is 22.9 Å². The SMILES string of the molecule is Cc1nnc(SCC(=O)N2C[C@H](C)C[C@H](C)C2)n1N. The Kier molecular flexibility index (Phi) is 4.34. The quantitative estimate of drug-likeness (QED) is 0.658. The molecule has 0 aliphatic carbocycles. The molecule has 0 unspecified atom stereocenters. The summed E-state index contributed by atoms with van der Waals surface area (Å²) < 4.78 is 1.42. The number of nitrogens with zero attached hydrogens (tertiary/aromatic N) is 4. The number of nitrogens with two attached hydrogens (primary N) is 1. The lowest BCUT2D eigenvalue weighted by molar-refractivity contribution is -0.130. The highest BCUT2D eigenvalue weighted by Gasteiger charge is 2.25. The molecule has 1 aliphatic heterocycles. The fraction of sp³-hybridized carbons (Fsp3) is 0.750. The maximum absolute atomic E-state index is 12.2. The van der Waals surface area contributed by atoms with Crippen LogP contribution in [-0.2, 0) is 4.79 Å². The molecular weight excluding hydrogens is 262 g/mol. The van der Waals surface area contributed by atoms with Crippen molar-refractivity contribution in [3.8, 4) is 0 Å². The van der Waals surface area contributed by atoms with E-state index >= 15 is 0 Å². The van der Waals surface area contributed by atoms with Crippen LogP contribution in [0.15, 0.2) is 5.16 Å².